The molecule has 0 amide bonds. The summed E-state index contributed by atoms with van der Waals surface area (Å²) in [5, 5.41) is 6.84. The van der Waals surface area contributed by atoms with Gasteiger partial charge in [0, 0.05) is 19.3 Å². The molecule has 4 nitrogen and oxygen atoms in total. The van der Waals surface area contributed by atoms with Gasteiger partial charge in [-0.2, -0.15) is 0 Å². The Morgan fingerprint density at radius 2 is 2.08 bits per heavy atom. The summed E-state index contributed by atoms with van der Waals surface area (Å²) in [6, 6.07) is 12.6. The van der Waals surface area contributed by atoms with E-state index in [9.17, 15) is 0 Å². The number of nitrogens with one attached hydrogen (secondary N) is 2. The molecule has 3 rings (SSSR count). The quantitative estimate of drug-likeness (QED) is 0.813. The van der Waals surface area contributed by atoms with Crippen molar-refractivity contribution in [2.75, 3.05) is 25.0 Å². The third kappa shape index (κ3) is 4.71. The van der Waals surface area contributed by atoms with E-state index in [0.717, 1.165) is 37.8 Å². The van der Waals surface area contributed by atoms with E-state index in [1.807, 2.05) is 18.3 Å². The molecular weight excluding hydrogens is 298 g/mol. The van der Waals surface area contributed by atoms with Crippen LogP contribution in [0, 0.1) is 5.92 Å². The molecule has 24 heavy (non-hydrogen) atoms. The summed E-state index contributed by atoms with van der Waals surface area (Å²) in [7, 11) is 0. The number of nitrogens with zero attached hydrogens (tertiary/aromatic N) is 1. The van der Waals surface area contributed by atoms with Gasteiger partial charge in [-0.05, 0) is 60.2 Å². The molecule has 1 aromatic carbocycles. The number of aromatic nitrogens is 1. The zero-order valence-electron chi connectivity index (χ0n) is 14.6. The zero-order chi connectivity index (χ0) is 16.8. The van der Waals surface area contributed by atoms with Crippen LogP contribution in [0.3, 0.4) is 0 Å². The number of anilines is 1. The van der Waals surface area contributed by atoms with Crippen LogP contribution < -0.4 is 15.4 Å². The normalized spacial score (nSPS) is 17.2. The van der Waals surface area contributed by atoms with Gasteiger partial charge < -0.3 is 15.4 Å². The van der Waals surface area contributed by atoms with Crippen LogP contribution in [0.2, 0.25) is 0 Å². The minimum absolute atomic E-state index is 0.541. The van der Waals surface area contributed by atoms with E-state index < -0.39 is 0 Å². The molecule has 1 aromatic heterocycles. The zero-order valence-corrected chi connectivity index (χ0v) is 14.6. The summed E-state index contributed by atoms with van der Waals surface area (Å²) < 4.78 is 5.72. The Morgan fingerprint density at radius 1 is 1.25 bits per heavy atom. The van der Waals surface area contributed by atoms with Crippen LogP contribution in [-0.2, 0) is 6.54 Å². The van der Waals surface area contributed by atoms with Crippen molar-refractivity contribution in [1.29, 1.82) is 0 Å². The summed E-state index contributed by atoms with van der Waals surface area (Å²) in [6.07, 6.45) is 3.11. The number of hydrogen-bond donors (Lipinski definition) is 2. The van der Waals surface area contributed by atoms with Gasteiger partial charge in [0.1, 0.15) is 11.6 Å². The van der Waals surface area contributed by atoms with Crippen molar-refractivity contribution in [3.05, 3.63) is 53.7 Å². The lowest BCUT2D eigenvalue weighted by atomic mass is 9.99. The monoisotopic (exact) mass is 325 g/mol. The fourth-order valence-corrected chi connectivity index (χ4v) is 2.90. The summed E-state index contributed by atoms with van der Waals surface area (Å²) in [5.74, 6) is 3.03. The molecule has 1 saturated heterocycles. The number of hydrogen-bond acceptors (Lipinski definition) is 4. The second-order valence-electron chi connectivity index (χ2n) is 6.87. The van der Waals surface area contributed by atoms with Gasteiger partial charge in [-0.15, -0.1) is 0 Å². The Labute approximate surface area is 144 Å². The molecule has 1 aliphatic heterocycles. The molecule has 2 N–H and O–H groups in total. The summed E-state index contributed by atoms with van der Waals surface area (Å²) in [4.78, 5) is 4.44. The van der Waals surface area contributed by atoms with E-state index in [0.29, 0.717) is 11.8 Å². The average Bonchev–Trinajstić information content (AvgIpc) is 3.14. The minimum atomic E-state index is 0.541. The minimum Gasteiger partial charge on any atom is -0.493 e. The number of ether oxygens (including phenoxy) is 1. The van der Waals surface area contributed by atoms with Crippen LogP contribution in [0.4, 0.5) is 5.82 Å². The Hall–Kier alpha value is -2.07. The van der Waals surface area contributed by atoms with Crippen LogP contribution >= 0.6 is 0 Å². The van der Waals surface area contributed by atoms with Crippen LogP contribution in [0.5, 0.6) is 5.75 Å². The fraction of sp³-hybridized carbons (Fsp3) is 0.450. The van der Waals surface area contributed by atoms with E-state index in [1.165, 1.54) is 17.5 Å². The maximum atomic E-state index is 5.72. The lowest BCUT2D eigenvalue weighted by Gasteiger charge is -2.12. The van der Waals surface area contributed by atoms with Gasteiger partial charge in [0.15, 0.2) is 0 Å². The number of pyridine rings is 1. The lowest BCUT2D eigenvalue weighted by Crippen LogP contribution is -2.08. The van der Waals surface area contributed by atoms with E-state index in [4.69, 9.17) is 4.74 Å². The highest BCUT2D eigenvalue weighted by molar-refractivity contribution is 5.40. The smallest absolute Gasteiger partial charge is 0.126 e. The average molecular weight is 325 g/mol. The van der Waals surface area contributed by atoms with Crippen LogP contribution in [0.25, 0.3) is 0 Å². The molecule has 0 bridgehead atoms. The molecule has 0 spiro atoms. The molecule has 1 atom stereocenters. The van der Waals surface area contributed by atoms with Crippen molar-refractivity contribution < 1.29 is 4.74 Å². The Bertz CT molecular complexity index is 634. The molecule has 1 fully saturated rings. The van der Waals surface area contributed by atoms with Gasteiger partial charge >= 0.3 is 0 Å². The first kappa shape index (κ1) is 16.8. The fourth-order valence-electron chi connectivity index (χ4n) is 2.90. The van der Waals surface area contributed by atoms with E-state index in [-0.39, 0.29) is 0 Å². The molecule has 0 saturated carbocycles. The van der Waals surface area contributed by atoms with Gasteiger partial charge in [-0.25, -0.2) is 4.98 Å². The highest BCUT2D eigenvalue weighted by Crippen LogP contribution is 2.23. The van der Waals surface area contributed by atoms with Crippen LogP contribution in [0.15, 0.2) is 42.6 Å². The van der Waals surface area contributed by atoms with Crippen molar-refractivity contribution in [2.24, 2.45) is 5.92 Å². The van der Waals surface area contributed by atoms with Gasteiger partial charge in [0.2, 0.25) is 0 Å². The topological polar surface area (TPSA) is 46.2 Å². The second kappa shape index (κ2) is 8.15. The summed E-state index contributed by atoms with van der Waals surface area (Å²) in [6.45, 7) is 8.01. The third-order valence-electron chi connectivity index (χ3n) is 4.30. The maximum absolute atomic E-state index is 5.72. The Kier molecular flexibility index (Phi) is 5.70. The van der Waals surface area contributed by atoms with Gasteiger partial charge in [-0.3, -0.25) is 0 Å². The van der Waals surface area contributed by atoms with Gasteiger partial charge in [0.05, 0.1) is 6.61 Å². The molecule has 128 valence electrons. The summed E-state index contributed by atoms with van der Waals surface area (Å²) in [5.41, 5.74) is 2.59. The molecule has 2 aromatic rings. The molecule has 1 aliphatic rings. The highest BCUT2D eigenvalue weighted by Gasteiger charge is 2.16. The molecule has 4 heteroatoms. The predicted molar refractivity (Wildman–Crippen MR) is 98.6 cm³/mol. The van der Waals surface area contributed by atoms with E-state index in [1.54, 1.807) is 0 Å². The Balaban J connectivity index is 1.54. The van der Waals surface area contributed by atoms with Crippen LogP contribution in [0.1, 0.15) is 37.3 Å². The maximum Gasteiger partial charge on any atom is 0.126 e. The molecule has 1 unspecified atom stereocenters. The van der Waals surface area contributed by atoms with Crippen molar-refractivity contribution in [1.82, 2.24) is 10.3 Å². The second-order valence-corrected chi connectivity index (χ2v) is 6.87. The van der Waals surface area contributed by atoms with E-state index >= 15 is 0 Å². The summed E-state index contributed by atoms with van der Waals surface area (Å²) >= 11 is 0. The largest absolute Gasteiger partial charge is 0.493 e. The molecular formula is C20H27N3O. The van der Waals surface area contributed by atoms with Gasteiger partial charge in [-0.1, -0.05) is 26.0 Å². The third-order valence-corrected chi connectivity index (χ3v) is 4.30. The first-order valence-corrected chi connectivity index (χ1v) is 8.83. The molecule has 2 heterocycles. The SMILES string of the molecule is CC(C)COc1ccc(CNc2cc(C3CCNC3)ccn2)cc1. The Morgan fingerprint density at radius 3 is 2.79 bits per heavy atom. The lowest BCUT2D eigenvalue weighted by molar-refractivity contribution is 0.271. The number of rotatable bonds is 7. The van der Waals surface area contributed by atoms with Crippen molar-refractivity contribution in [3.63, 3.8) is 0 Å². The van der Waals surface area contributed by atoms with Crippen molar-refractivity contribution >= 4 is 5.82 Å². The van der Waals surface area contributed by atoms with E-state index in [2.05, 4.69) is 53.7 Å². The van der Waals surface area contributed by atoms with Crippen molar-refractivity contribution in [2.45, 2.75) is 32.7 Å². The van der Waals surface area contributed by atoms with Crippen LogP contribution in [-0.4, -0.2) is 24.7 Å². The number of benzene rings is 1. The molecule has 0 aliphatic carbocycles. The van der Waals surface area contributed by atoms with Gasteiger partial charge in [0.25, 0.3) is 0 Å². The molecule has 0 radical (unpaired) electrons. The van der Waals surface area contributed by atoms with Crippen molar-refractivity contribution in [3.8, 4) is 5.75 Å². The standard InChI is InChI=1S/C20H27N3O/c1-15(2)14-24-19-5-3-16(4-6-19)12-23-20-11-17(8-10-22-20)18-7-9-21-13-18/h3-6,8,10-11,15,18,21H,7,9,12-14H2,1-2H3,(H,22,23). The predicted octanol–water partition coefficient (Wildman–Crippen LogP) is 3.81. The first-order chi connectivity index (χ1) is 11.7. The highest BCUT2D eigenvalue weighted by atomic mass is 16.5. The first-order valence-electron chi connectivity index (χ1n) is 8.83.